The number of hydrogen-bond acceptors (Lipinski definition) is 3. The zero-order valence-corrected chi connectivity index (χ0v) is 10.4. The third kappa shape index (κ3) is 1.32. The van der Waals surface area contributed by atoms with Gasteiger partial charge in [-0.25, -0.2) is 4.90 Å². The van der Waals surface area contributed by atoms with E-state index in [9.17, 15) is 9.59 Å². The average Bonchev–Trinajstić information content (AvgIpc) is 3.04. The van der Waals surface area contributed by atoms with E-state index in [0.717, 1.165) is 5.56 Å². The van der Waals surface area contributed by atoms with Gasteiger partial charge in [-0.15, -0.1) is 0 Å². The molecule has 2 saturated heterocycles. The van der Waals surface area contributed by atoms with Gasteiger partial charge in [0.05, 0.1) is 29.7 Å². The zero-order valence-electron chi connectivity index (χ0n) is 10.4. The molecule has 0 unspecified atom stereocenters. The molecule has 0 aliphatic carbocycles. The standard InChI is InChI=1S/C15H13NO3/c1-8-3-2-4-9(7-8)16-14(17)12-10-5-6-11(19-10)13(12)15(16)18/h2-7,10-13H,1H3/t10-,11+,12-,13-/m0/s1. The summed E-state index contributed by atoms with van der Waals surface area (Å²) in [6.07, 6.45) is 3.36. The molecule has 4 rings (SSSR count). The molecular formula is C15H13NO3. The molecule has 0 aromatic heterocycles. The smallest absolute Gasteiger partial charge is 0.240 e. The van der Waals surface area contributed by atoms with Gasteiger partial charge in [0.1, 0.15) is 0 Å². The molecule has 3 heterocycles. The Hall–Kier alpha value is -1.94. The van der Waals surface area contributed by atoms with Crippen molar-refractivity contribution in [3.63, 3.8) is 0 Å². The molecule has 1 aromatic rings. The Kier molecular flexibility index (Phi) is 2.04. The highest BCUT2D eigenvalue weighted by molar-refractivity contribution is 6.23. The summed E-state index contributed by atoms with van der Waals surface area (Å²) in [5.41, 5.74) is 1.70. The fourth-order valence-electron chi connectivity index (χ4n) is 3.33. The van der Waals surface area contributed by atoms with Crippen LogP contribution in [0.15, 0.2) is 36.4 Å². The van der Waals surface area contributed by atoms with Crippen LogP contribution in [-0.4, -0.2) is 24.0 Å². The van der Waals surface area contributed by atoms with Crippen LogP contribution in [-0.2, 0) is 14.3 Å². The largest absolute Gasteiger partial charge is 0.365 e. The Morgan fingerprint density at radius 1 is 1.05 bits per heavy atom. The summed E-state index contributed by atoms with van der Waals surface area (Å²) < 4.78 is 5.61. The predicted octanol–water partition coefficient (Wildman–Crippen LogP) is 1.44. The van der Waals surface area contributed by atoms with Crippen LogP contribution in [0.5, 0.6) is 0 Å². The van der Waals surface area contributed by atoms with Gasteiger partial charge in [0.25, 0.3) is 0 Å². The minimum atomic E-state index is -0.331. The molecule has 4 atom stereocenters. The summed E-state index contributed by atoms with van der Waals surface area (Å²) in [6, 6.07) is 7.49. The number of nitrogens with zero attached hydrogens (tertiary/aromatic N) is 1. The Balaban J connectivity index is 1.77. The van der Waals surface area contributed by atoms with Gasteiger partial charge in [-0.05, 0) is 24.6 Å². The molecular weight excluding hydrogens is 242 g/mol. The molecule has 96 valence electrons. The van der Waals surface area contributed by atoms with E-state index in [4.69, 9.17) is 4.74 Å². The van der Waals surface area contributed by atoms with Crippen LogP contribution in [0.3, 0.4) is 0 Å². The van der Waals surface area contributed by atoms with Gasteiger partial charge in [0, 0.05) is 0 Å². The average molecular weight is 255 g/mol. The molecule has 1 aromatic carbocycles. The molecule has 3 aliphatic rings. The van der Waals surface area contributed by atoms with Crippen LogP contribution in [0.1, 0.15) is 5.56 Å². The first-order valence-electron chi connectivity index (χ1n) is 6.45. The molecule has 19 heavy (non-hydrogen) atoms. The lowest BCUT2D eigenvalue weighted by Gasteiger charge is -2.17. The number of rotatable bonds is 1. The van der Waals surface area contributed by atoms with Crippen LogP contribution in [0, 0.1) is 18.8 Å². The van der Waals surface area contributed by atoms with Gasteiger partial charge in [0.15, 0.2) is 0 Å². The van der Waals surface area contributed by atoms with Gasteiger partial charge < -0.3 is 4.74 Å². The first-order valence-corrected chi connectivity index (χ1v) is 6.45. The minimum Gasteiger partial charge on any atom is -0.365 e. The summed E-state index contributed by atoms with van der Waals surface area (Å²) in [4.78, 5) is 26.3. The highest BCUT2D eigenvalue weighted by Gasteiger charge is 2.60. The second kappa shape index (κ2) is 3.54. The topological polar surface area (TPSA) is 46.6 Å². The number of carbonyl (C=O) groups is 2. The number of carbonyl (C=O) groups excluding carboxylic acids is 2. The fraction of sp³-hybridized carbons (Fsp3) is 0.333. The third-order valence-corrected chi connectivity index (χ3v) is 4.17. The SMILES string of the molecule is Cc1cccc(N2C(=O)[C@@H]3[C@@H](C2=O)[C@H]2C=C[C@@H]3O2)c1. The van der Waals surface area contributed by atoms with Crippen LogP contribution in [0.2, 0.25) is 0 Å². The maximum absolute atomic E-state index is 12.5. The van der Waals surface area contributed by atoms with Crippen molar-refractivity contribution in [2.45, 2.75) is 19.1 Å². The molecule has 0 N–H and O–H groups in total. The summed E-state index contributed by atoms with van der Waals surface area (Å²) >= 11 is 0. The lowest BCUT2D eigenvalue weighted by atomic mass is 9.85. The summed E-state index contributed by atoms with van der Waals surface area (Å²) in [6.45, 7) is 1.95. The number of ether oxygens (including phenoxy) is 1. The molecule has 0 saturated carbocycles. The van der Waals surface area contributed by atoms with Crippen molar-refractivity contribution in [3.05, 3.63) is 42.0 Å². The van der Waals surface area contributed by atoms with Gasteiger partial charge in [-0.2, -0.15) is 0 Å². The Bertz CT molecular complexity index is 592. The van der Waals surface area contributed by atoms with Crippen molar-refractivity contribution in [1.29, 1.82) is 0 Å². The molecule has 0 spiro atoms. The van der Waals surface area contributed by atoms with E-state index in [1.807, 2.05) is 37.3 Å². The van der Waals surface area contributed by atoms with Gasteiger partial charge >= 0.3 is 0 Å². The second-order valence-corrected chi connectivity index (χ2v) is 5.35. The van der Waals surface area contributed by atoms with Crippen molar-refractivity contribution < 1.29 is 14.3 Å². The number of imide groups is 1. The monoisotopic (exact) mass is 255 g/mol. The zero-order chi connectivity index (χ0) is 13.1. The van der Waals surface area contributed by atoms with Crippen LogP contribution < -0.4 is 4.90 Å². The molecule has 2 fully saturated rings. The van der Waals surface area contributed by atoms with E-state index < -0.39 is 0 Å². The van der Waals surface area contributed by atoms with E-state index in [2.05, 4.69) is 0 Å². The molecule has 4 heteroatoms. The molecule has 2 bridgehead atoms. The predicted molar refractivity (Wildman–Crippen MR) is 68.5 cm³/mol. The van der Waals surface area contributed by atoms with Crippen molar-refractivity contribution in [2.24, 2.45) is 11.8 Å². The summed E-state index contributed by atoms with van der Waals surface area (Å²) in [5, 5.41) is 0. The second-order valence-electron chi connectivity index (χ2n) is 5.35. The number of amides is 2. The van der Waals surface area contributed by atoms with Crippen molar-refractivity contribution in [1.82, 2.24) is 0 Å². The van der Waals surface area contributed by atoms with E-state index >= 15 is 0 Å². The first kappa shape index (κ1) is 10.9. The highest BCUT2D eigenvalue weighted by atomic mass is 16.5. The van der Waals surface area contributed by atoms with Crippen molar-refractivity contribution in [2.75, 3.05) is 4.90 Å². The molecule has 0 radical (unpaired) electrons. The quantitative estimate of drug-likeness (QED) is 0.563. The first-order chi connectivity index (χ1) is 9.16. The maximum atomic E-state index is 12.5. The van der Waals surface area contributed by atoms with Gasteiger partial charge in [0.2, 0.25) is 11.8 Å². The van der Waals surface area contributed by atoms with E-state index in [1.54, 1.807) is 6.07 Å². The summed E-state index contributed by atoms with van der Waals surface area (Å²) in [5.74, 6) is -0.916. The Labute approximate surface area is 110 Å². The number of benzene rings is 1. The normalized spacial score (nSPS) is 35.3. The van der Waals surface area contributed by atoms with Crippen LogP contribution in [0.4, 0.5) is 5.69 Å². The van der Waals surface area contributed by atoms with Crippen LogP contribution >= 0.6 is 0 Å². The maximum Gasteiger partial charge on any atom is 0.240 e. The Morgan fingerprint density at radius 3 is 2.26 bits per heavy atom. The van der Waals surface area contributed by atoms with E-state index in [1.165, 1.54) is 4.90 Å². The van der Waals surface area contributed by atoms with Gasteiger partial charge in [-0.3, -0.25) is 9.59 Å². The Morgan fingerprint density at radius 2 is 1.68 bits per heavy atom. The fourth-order valence-corrected chi connectivity index (χ4v) is 3.33. The molecule has 3 aliphatic heterocycles. The van der Waals surface area contributed by atoms with Crippen molar-refractivity contribution >= 4 is 17.5 Å². The van der Waals surface area contributed by atoms with E-state index in [0.29, 0.717) is 5.69 Å². The highest BCUT2D eigenvalue weighted by Crippen LogP contribution is 2.46. The van der Waals surface area contributed by atoms with Crippen LogP contribution in [0.25, 0.3) is 0 Å². The molecule has 4 nitrogen and oxygen atoms in total. The number of hydrogen-bond donors (Lipinski definition) is 0. The molecule has 2 amide bonds. The van der Waals surface area contributed by atoms with Crippen molar-refractivity contribution in [3.8, 4) is 0 Å². The lowest BCUT2D eigenvalue weighted by Crippen LogP contribution is -2.34. The number of aryl methyl sites for hydroxylation is 1. The third-order valence-electron chi connectivity index (χ3n) is 4.17. The number of fused-ring (bicyclic) bond motifs is 5. The lowest BCUT2D eigenvalue weighted by molar-refractivity contribution is -0.124. The van der Waals surface area contributed by atoms with E-state index in [-0.39, 0.29) is 35.9 Å². The van der Waals surface area contributed by atoms with Gasteiger partial charge in [-0.1, -0.05) is 24.3 Å². The summed E-state index contributed by atoms with van der Waals surface area (Å²) in [7, 11) is 0. The number of anilines is 1. The minimum absolute atomic E-state index is 0.127.